The van der Waals surface area contributed by atoms with Gasteiger partial charge in [-0.2, -0.15) is 13.2 Å². The summed E-state index contributed by atoms with van der Waals surface area (Å²) in [7, 11) is 1.66. The van der Waals surface area contributed by atoms with Crippen LogP contribution < -0.4 is 5.32 Å². The van der Waals surface area contributed by atoms with Crippen LogP contribution in [-0.2, 0) is 11.0 Å². The minimum absolute atomic E-state index is 0.277. The number of likely N-dealkylation sites (N-methyl/N-ethyl adjacent to an activating group) is 1. The first kappa shape index (κ1) is 20.2. The maximum absolute atomic E-state index is 13.9. The molecular weight excluding hydrogens is 399 g/mol. The first-order valence-electron chi connectivity index (χ1n) is 8.26. The smallest absolute Gasteiger partial charge is 0.368 e. The number of thiocarbonyl (C=S) groups is 1. The standard InChI is InChI=1S/C19H15F5N2OS/c1-26-9-12(10-5-7-11(8-6-10)19(22,23)24)15(18(26)28)17(27)25-14-4-2-3-13(20)16(14)21/h2-8,12,15H,9H2,1H3,(H,25,27)/t12-,15+/m1/s1. The lowest BCUT2D eigenvalue weighted by Crippen LogP contribution is -2.32. The summed E-state index contributed by atoms with van der Waals surface area (Å²) in [5.41, 5.74) is -0.624. The molecular formula is C19H15F5N2OS. The molecule has 1 fully saturated rings. The second-order valence-corrected chi connectivity index (χ2v) is 6.93. The topological polar surface area (TPSA) is 32.3 Å². The summed E-state index contributed by atoms with van der Waals surface area (Å²) in [4.78, 5) is 14.7. The molecule has 1 N–H and O–H groups in total. The highest BCUT2D eigenvalue weighted by molar-refractivity contribution is 7.80. The van der Waals surface area contributed by atoms with E-state index in [1.54, 1.807) is 11.9 Å². The number of likely N-dealkylation sites (tertiary alicyclic amines) is 1. The molecule has 2 aromatic carbocycles. The van der Waals surface area contributed by atoms with Crippen LogP contribution in [0.15, 0.2) is 42.5 Å². The van der Waals surface area contributed by atoms with Gasteiger partial charge in [0, 0.05) is 19.5 Å². The molecule has 3 rings (SSSR count). The fraction of sp³-hybridized carbons (Fsp3) is 0.263. The molecule has 1 heterocycles. The van der Waals surface area contributed by atoms with E-state index in [2.05, 4.69) is 5.32 Å². The SMILES string of the molecule is CN1C[C@H](c2ccc(C(F)(F)F)cc2)[C@@H](C(=O)Nc2cccc(F)c2F)C1=S. The summed E-state index contributed by atoms with van der Waals surface area (Å²) in [6, 6.07) is 7.88. The lowest BCUT2D eigenvalue weighted by atomic mass is 9.87. The van der Waals surface area contributed by atoms with Gasteiger partial charge in [0.05, 0.1) is 22.2 Å². The van der Waals surface area contributed by atoms with Gasteiger partial charge in [0.1, 0.15) is 0 Å². The number of nitrogens with one attached hydrogen (secondary N) is 1. The zero-order valence-electron chi connectivity index (χ0n) is 14.6. The summed E-state index contributed by atoms with van der Waals surface area (Å²) in [5.74, 6) is -4.37. The first-order chi connectivity index (χ1) is 13.1. The van der Waals surface area contributed by atoms with E-state index in [0.717, 1.165) is 18.2 Å². The maximum Gasteiger partial charge on any atom is 0.416 e. The van der Waals surface area contributed by atoms with Crippen LogP contribution in [0, 0.1) is 17.6 Å². The minimum atomic E-state index is -4.47. The quantitative estimate of drug-likeness (QED) is 0.589. The average molecular weight is 414 g/mol. The predicted octanol–water partition coefficient (Wildman–Crippen LogP) is 4.59. The largest absolute Gasteiger partial charge is 0.416 e. The molecule has 3 nitrogen and oxygen atoms in total. The molecule has 0 radical (unpaired) electrons. The molecule has 0 aromatic heterocycles. The molecule has 9 heteroatoms. The van der Waals surface area contributed by atoms with Gasteiger partial charge in [-0.15, -0.1) is 0 Å². The number of hydrogen-bond acceptors (Lipinski definition) is 2. The third kappa shape index (κ3) is 3.84. The molecule has 1 aliphatic rings. The van der Waals surface area contributed by atoms with E-state index in [9.17, 15) is 26.7 Å². The Labute approximate surface area is 163 Å². The molecule has 0 bridgehead atoms. The molecule has 1 saturated heterocycles. The zero-order valence-corrected chi connectivity index (χ0v) is 15.4. The van der Waals surface area contributed by atoms with Crippen LogP contribution in [0.1, 0.15) is 17.0 Å². The van der Waals surface area contributed by atoms with Crippen molar-refractivity contribution >= 4 is 28.8 Å². The Balaban J connectivity index is 1.88. The van der Waals surface area contributed by atoms with E-state index < -0.39 is 41.1 Å². The van der Waals surface area contributed by atoms with Crippen molar-refractivity contribution in [2.45, 2.75) is 12.1 Å². The van der Waals surface area contributed by atoms with Gasteiger partial charge in [-0.1, -0.05) is 30.4 Å². The van der Waals surface area contributed by atoms with Gasteiger partial charge in [-0.05, 0) is 29.8 Å². The van der Waals surface area contributed by atoms with Gasteiger partial charge in [0.15, 0.2) is 11.6 Å². The Morgan fingerprint density at radius 3 is 2.39 bits per heavy atom. The number of nitrogens with zero attached hydrogens (tertiary/aromatic N) is 1. The number of benzene rings is 2. The Kier molecular flexibility index (Phi) is 5.38. The van der Waals surface area contributed by atoms with Crippen LogP contribution in [0.5, 0.6) is 0 Å². The summed E-state index contributed by atoms with van der Waals surface area (Å²) < 4.78 is 65.6. The van der Waals surface area contributed by atoms with Gasteiger partial charge >= 0.3 is 6.18 Å². The molecule has 0 saturated carbocycles. The lowest BCUT2D eigenvalue weighted by Gasteiger charge is -2.19. The van der Waals surface area contributed by atoms with E-state index in [4.69, 9.17) is 12.2 Å². The summed E-state index contributed by atoms with van der Waals surface area (Å²) >= 11 is 5.29. The number of alkyl halides is 3. The zero-order chi connectivity index (χ0) is 20.6. The normalized spacial score (nSPS) is 19.8. The highest BCUT2D eigenvalue weighted by atomic mass is 32.1. The Morgan fingerprint density at radius 2 is 1.79 bits per heavy atom. The Morgan fingerprint density at radius 1 is 1.14 bits per heavy atom. The highest BCUT2D eigenvalue weighted by Crippen LogP contribution is 2.37. The van der Waals surface area contributed by atoms with Gasteiger partial charge in [-0.25, -0.2) is 8.78 Å². The van der Waals surface area contributed by atoms with Crippen LogP contribution >= 0.6 is 12.2 Å². The second-order valence-electron chi connectivity index (χ2n) is 6.51. The van der Waals surface area contributed by atoms with Crippen LogP contribution in [0.25, 0.3) is 0 Å². The minimum Gasteiger partial charge on any atom is -0.368 e. The van der Waals surface area contributed by atoms with Crippen molar-refractivity contribution in [1.29, 1.82) is 0 Å². The molecule has 1 amide bonds. The molecule has 148 valence electrons. The van der Waals surface area contributed by atoms with Crippen LogP contribution in [0.4, 0.5) is 27.6 Å². The van der Waals surface area contributed by atoms with Crippen LogP contribution in [0.3, 0.4) is 0 Å². The van der Waals surface area contributed by atoms with E-state index in [-0.39, 0.29) is 10.7 Å². The van der Waals surface area contributed by atoms with Crippen molar-refractivity contribution in [2.75, 3.05) is 18.9 Å². The molecule has 0 unspecified atom stereocenters. The van der Waals surface area contributed by atoms with E-state index in [0.29, 0.717) is 12.1 Å². The van der Waals surface area contributed by atoms with Crippen molar-refractivity contribution < 1.29 is 26.7 Å². The summed E-state index contributed by atoms with van der Waals surface area (Å²) in [6.07, 6.45) is -4.47. The molecule has 28 heavy (non-hydrogen) atoms. The van der Waals surface area contributed by atoms with Gasteiger partial charge in [-0.3, -0.25) is 4.79 Å². The monoisotopic (exact) mass is 414 g/mol. The van der Waals surface area contributed by atoms with E-state index in [1.807, 2.05) is 0 Å². The van der Waals surface area contributed by atoms with Crippen molar-refractivity contribution in [1.82, 2.24) is 4.90 Å². The number of carbonyl (C=O) groups is 1. The van der Waals surface area contributed by atoms with Crippen molar-refractivity contribution in [3.8, 4) is 0 Å². The third-order valence-electron chi connectivity index (χ3n) is 4.67. The molecule has 0 spiro atoms. The highest BCUT2D eigenvalue weighted by Gasteiger charge is 2.42. The molecule has 1 aliphatic heterocycles. The maximum atomic E-state index is 13.9. The molecule has 0 aliphatic carbocycles. The van der Waals surface area contributed by atoms with Gasteiger partial charge in [0.25, 0.3) is 0 Å². The number of rotatable bonds is 3. The van der Waals surface area contributed by atoms with Crippen molar-refractivity contribution in [2.24, 2.45) is 5.92 Å². The number of hydrogen-bond donors (Lipinski definition) is 1. The third-order valence-corrected chi connectivity index (χ3v) is 5.24. The summed E-state index contributed by atoms with van der Waals surface area (Å²) in [6.45, 7) is 0.313. The number of anilines is 1. The predicted molar refractivity (Wildman–Crippen MR) is 97.9 cm³/mol. The fourth-order valence-corrected chi connectivity index (χ4v) is 3.57. The average Bonchev–Trinajstić information content (AvgIpc) is 2.93. The second kappa shape index (κ2) is 7.46. The summed E-state index contributed by atoms with van der Waals surface area (Å²) in [5, 5.41) is 2.33. The number of amides is 1. The van der Waals surface area contributed by atoms with Crippen molar-refractivity contribution in [3.63, 3.8) is 0 Å². The first-order valence-corrected chi connectivity index (χ1v) is 8.67. The van der Waals surface area contributed by atoms with Crippen molar-refractivity contribution in [3.05, 3.63) is 65.2 Å². The number of halogens is 5. The molecule has 2 aromatic rings. The van der Waals surface area contributed by atoms with Gasteiger partial charge in [0.2, 0.25) is 5.91 Å². The number of carbonyl (C=O) groups excluding carboxylic acids is 1. The van der Waals surface area contributed by atoms with Crippen LogP contribution in [-0.4, -0.2) is 29.4 Å². The van der Waals surface area contributed by atoms with E-state index in [1.165, 1.54) is 24.3 Å². The fourth-order valence-electron chi connectivity index (χ4n) is 3.22. The Bertz CT molecular complexity index is 914. The lowest BCUT2D eigenvalue weighted by molar-refractivity contribution is -0.137. The van der Waals surface area contributed by atoms with E-state index >= 15 is 0 Å². The molecule has 2 atom stereocenters. The van der Waals surface area contributed by atoms with Crippen LogP contribution in [0.2, 0.25) is 0 Å². The van der Waals surface area contributed by atoms with Gasteiger partial charge < -0.3 is 10.2 Å². The Hall–Kier alpha value is -2.55.